The van der Waals surface area contributed by atoms with Crippen molar-refractivity contribution in [2.75, 3.05) is 11.4 Å². The van der Waals surface area contributed by atoms with E-state index in [0.717, 1.165) is 28.6 Å². The molecule has 1 aliphatic carbocycles. The first-order valence-corrected chi connectivity index (χ1v) is 8.41. The first-order valence-electron chi connectivity index (χ1n) is 7.62. The highest BCUT2D eigenvalue weighted by molar-refractivity contribution is 9.10. The third-order valence-electron chi connectivity index (χ3n) is 4.21. The summed E-state index contributed by atoms with van der Waals surface area (Å²) < 4.78 is 0.977. The predicted molar refractivity (Wildman–Crippen MR) is 88.3 cm³/mol. The number of hydrogen-bond acceptors (Lipinski definition) is 3. The van der Waals surface area contributed by atoms with Crippen LogP contribution >= 0.6 is 15.9 Å². The van der Waals surface area contributed by atoms with E-state index < -0.39 is 5.92 Å². The largest absolute Gasteiger partial charge is 0.312 e. The third-order valence-corrected chi connectivity index (χ3v) is 5.10. The Kier molecular flexibility index (Phi) is 4.39. The van der Waals surface area contributed by atoms with Crippen LogP contribution in [0.25, 0.3) is 0 Å². The number of amides is 3. The summed E-state index contributed by atoms with van der Waals surface area (Å²) in [4.78, 5) is 37.5. The van der Waals surface area contributed by atoms with Gasteiger partial charge in [-0.05, 0) is 43.5 Å². The number of hydrazine groups is 1. The number of hydrogen-bond donors (Lipinski definition) is 2. The van der Waals surface area contributed by atoms with E-state index in [4.69, 9.17) is 0 Å². The van der Waals surface area contributed by atoms with Crippen molar-refractivity contribution in [3.63, 3.8) is 0 Å². The van der Waals surface area contributed by atoms with Gasteiger partial charge in [0.1, 0.15) is 0 Å². The Balaban J connectivity index is 1.60. The molecule has 122 valence electrons. The number of nitrogens with one attached hydrogen (secondary N) is 2. The Morgan fingerprint density at radius 3 is 2.43 bits per heavy atom. The van der Waals surface area contributed by atoms with Gasteiger partial charge in [0.25, 0.3) is 0 Å². The molecular weight excluding hydrogens is 362 g/mol. The van der Waals surface area contributed by atoms with Crippen molar-refractivity contribution in [1.29, 1.82) is 0 Å². The topological polar surface area (TPSA) is 78.5 Å². The van der Waals surface area contributed by atoms with E-state index in [0.29, 0.717) is 6.54 Å². The van der Waals surface area contributed by atoms with Gasteiger partial charge in [0, 0.05) is 29.0 Å². The highest BCUT2D eigenvalue weighted by Crippen LogP contribution is 2.29. The van der Waals surface area contributed by atoms with Crippen molar-refractivity contribution in [1.82, 2.24) is 10.9 Å². The van der Waals surface area contributed by atoms with Crippen LogP contribution in [0.15, 0.2) is 22.7 Å². The van der Waals surface area contributed by atoms with E-state index in [-0.39, 0.29) is 30.1 Å². The smallest absolute Gasteiger partial charge is 0.243 e. The predicted octanol–water partition coefficient (Wildman–Crippen LogP) is 1.67. The van der Waals surface area contributed by atoms with Crippen molar-refractivity contribution in [3.05, 3.63) is 28.2 Å². The second-order valence-electron chi connectivity index (χ2n) is 6.09. The molecule has 3 rings (SSSR count). The standard InChI is InChI=1S/C16H18BrN3O3/c1-9-6-12(4-5-13(9)17)20-8-11(7-14(20)21)16(23)19-18-15(22)10-2-3-10/h4-6,10-11H,2-3,7-8H2,1H3,(H,18,22)(H,19,23)/t11-/m1/s1. The van der Waals surface area contributed by atoms with E-state index in [1.54, 1.807) is 4.90 Å². The van der Waals surface area contributed by atoms with Crippen LogP contribution < -0.4 is 15.8 Å². The minimum absolute atomic E-state index is 0.0303. The van der Waals surface area contributed by atoms with Crippen LogP contribution in [0, 0.1) is 18.8 Å². The number of benzene rings is 1. The van der Waals surface area contributed by atoms with Gasteiger partial charge in [-0.15, -0.1) is 0 Å². The maximum absolute atomic E-state index is 12.2. The van der Waals surface area contributed by atoms with Gasteiger partial charge in [0.05, 0.1) is 5.92 Å². The molecule has 1 aromatic carbocycles. The molecule has 1 atom stereocenters. The van der Waals surface area contributed by atoms with Gasteiger partial charge in [-0.2, -0.15) is 0 Å². The van der Waals surface area contributed by atoms with Gasteiger partial charge in [-0.1, -0.05) is 15.9 Å². The molecule has 0 aromatic heterocycles. The van der Waals surface area contributed by atoms with Gasteiger partial charge in [0.2, 0.25) is 17.7 Å². The summed E-state index contributed by atoms with van der Waals surface area (Å²) in [5.74, 6) is -0.971. The van der Waals surface area contributed by atoms with Crippen LogP contribution in [0.2, 0.25) is 0 Å². The van der Waals surface area contributed by atoms with E-state index in [9.17, 15) is 14.4 Å². The highest BCUT2D eigenvalue weighted by atomic mass is 79.9. The van der Waals surface area contributed by atoms with Gasteiger partial charge in [-0.25, -0.2) is 0 Å². The van der Waals surface area contributed by atoms with Gasteiger partial charge in [-0.3, -0.25) is 25.2 Å². The molecule has 1 aliphatic heterocycles. The summed E-state index contributed by atoms with van der Waals surface area (Å²) >= 11 is 3.43. The molecule has 0 spiro atoms. The molecule has 0 radical (unpaired) electrons. The molecule has 3 amide bonds. The van der Waals surface area contributed by atoms with Crippen LogP contribution in [0.1, 0.15) is 24.8 Å². The molecule has 6 nitrogen and oxygen atoms in total. The monoisotopic (exact) mass is 379 g/mol. The normalized spacial score (nSPS) is 20.5. The molecule has 1 aromatic rings. The lowest BCUT2D eigenvalue weighted by atomic mass is 10.1. The highest BCUT2D eigenvalue weighted by Gasteiger charge is 2.36. The maximum Gasteiger partial charge on any atom is 0.243 e. The van der Waals surface area contributed by atoms with Crippen LogP contribution in [0.4, 0.5) is 5.69 Å². The quantitative estimate of drug-likeness (QED) is 0.784. The number of rotatable bonds is 3. The summed E-state index contributed by atoms with van der Waals surface area (Å²) in [7, 11) is 0. The fraction of sp³-hybridized carbons (Fsp3) is 0.438. The number of nitrogens with zero attached hydrogens (tertiary/aromatic N) is 1. The van der Waals surface area contributed by atoms with E-state index in [2.05, 4.69) is 26.8 Å². The number of aryl methyl sites for hydroxylation is 1. The summed E-state index contributed by atoms with van der Waals surface area (Å²) in [5, 5.41) is 0. The van der Waals surface area contributed by atoms with Crippen LogP contribution in [0.3, 0.4) is 0 Å². The molecule has 1 saturated heterocycles. The molecule has 2 aliphatic rings. The van der Waals surface area contributed by atoms with Gasteiger partial charge < -0.3 is 4.90 Å². The maximum atomic E-state index is 12.2. The minimum Gasteiger partial charge on any atom is -0.312 e. The number of carbonyl (C=O) groups excluding carboxylic acids is 3. The summed E-state index contributed by atoms with van der Waals surface area (Å²) in [6.45, 7) is 2.27. The molecule has 2 fully saturated rings. The minimum atomic E-state index is -0.453. The Bertz CT molecular complexity index is 673. The average Bonchev–Trinajstić information content (AvgIpc) is 3.30. The van der Waals surface area contributed by atoms with Crippen molar-refractivity contribution >= 4 is 39.3 Å². The molecular formula is C16H18BrN3O3. The van der Waals surface area contributed by atoms with Crippen LogP contribution in [-0.4, -0.2) is 24.3 Å². The van der Waals surface area contributed by atoms with Crippen LogP contribution in [-0.2, 0) is 14.4 Å². The molecule has 0 unspecified atom stereocenters. The Labute approximate surface area is 142 Å². The summed E-state index contributed by atoms with van der Waals surface area (Å²) in [6, 6.07) is 5.66. The van der Waals surface area contributed by atoms with Crippen molar-refractivity contribution in [3.8, 4) is 0 Å². The van der Waals surface area contributed by atoms with Crippen molar-refractivity contribution in [2.45, 2.75) is 26.2 Å². The zero-order chi connectivity index (χ0) is 16.6. The zero-order valence-corrected chi connectivity index (χ0v) is 14.4. The second kappa shape index (κ2) is 6.31. The van der Waals surface area contributed by atoms with Gasteiger partial charge in [0.15, 0.2) is 0 Å². The second-order valence-corrected chi connectivity index (χ2v) is 6.95. The van der Waals surface area contributed by atoms with E-state index in [1.165, 1.54) is 0 Å². The van der Waals surface area contributed by atoms with Crippen molar-refractivity contribution < 1.29 is 14.4 Å². The first kappa shape index (κ1) is 16.0. The third kappa shape index (κ3) is 3.55. The molecule has 2 N–H and O–H groups in total. The molecule has 23 heavy (non-hydrogen) atoms. The fourth-order valence-electron chi connectivity index (χ4n) is 2.60. The van der Waals surface area contributed by atoms with Gasteiger partial charge >= 0.3 is 0 Å². The molecule has 0 bridgehead atoms. The average molecular weight is 380 g/mol. The fourth-order valence-corrected chi connectivity index (χ4v) is 2.85. The molecule has 1 saturated carbocycles. The number of halogens is 1. The summed E-state index contributed by atoms with van der Waals surface area (Å²) in [5.41, 5.74) is 6.68. The Morgan fingerprint density at radius 1 is 1.17 bits per heavy atom. The van der Waals surface area contributed by atoms with E-state index in [1.807, 2.05) is 25.1 Å². The van der Waals surface area contributed by atoms with E-state index >= 15 is 0 Å². The van der Waals surface area contributed by atoms with Crippen LogP contribution in [0.5, 0.6) is 0 Å². The molecule has 1 heterocycles. The Morgan fingerprint density at radius 2 is 1.83 bits per heavy atom. The first-order chi connectivity index (χ1) is 11.0. The van der Waals surface area contributed by atoms with Crippen molar-refractivity contribution in [2.24, 2.45) is 11.8 Å². The molecule has 7 heteroatoms. The summed E-state index contributed by atoms with van der Waals surface area (Å²) in [6.07, 6.45) is 1.90. The SMILES string of the molecule is Cc1cc(N2C[C@H](C(=O)NNC(=O)C3CC3)CC2=O)ccc1Br. The zero-order valence-electron chi connectivity index (χ0n) is 12.8. The Hall–Kier alpha value is -1.89. The lowest BCUT2D eigenvalue weighted by Gasteiger charge is -2.17. The lowest BCUT2D eigenvalue weighted by Crippen LogP contribution is -2.45. The lowest BCUT2D eigenvalue weighted by molar-refractivity contribution is -0.131. The number of anilines is 1. The number of carbonyl (C=O) groups is 3.